The Morgan fingerprint density at radius 3 is 2.44 bits per heavy atom. The zero-order valence-corrected chi connectivity index (χ0v) is 21.0. The van der Waals surface area contributed by atoms with E-state index in [4.69, 9.17) is 14.2 Å². The second-order valence-electron chi connectivity index (χ2n) is 9.00. The van der Waals surface area contributed by atoms with Crippen LogP contribution in [0.4, 0.5) is 16.4 Å². The number of esters is 1. The van der Waals surface area contributed by atoms with Crippen LogP contribution in [0.1, 0.15) is 36.7 Å². The lowest BCUT2D eigenvalue weighted by Crippen LogP contribution is -2.34. The Balaban J connectivity index is 1.79. The van der Waals surface area contributed by atoms with E-state index < -0.39 is 17.7 Å². The van der Waals surface area contributed by atoms with Gasteiger partial charge in [0.2, 0.25) is 5.88 Å². The SMILES string of the molecule is COC(=O)c1cc(-c2ccn3nc(N(C(=O)OC(C)(C)C)c4ccccc4C)nc3c2)cnc1OC. The fourth-order valence-corrected chi connectivity index (χ4v) is 3.58. The Morgan fingerprint density at radius 2 is 1.78 bits per heavy atom. The van der Waals surface area contributed by atoms with Gasteiger partial charge in [0.15, 0.2) is 5.65 Å². The lowest BCUT2D eigenvalue weighted by molar-refractivity contribution is 0.0586. The van der Waals surface area contributed by atoms with E-state index in [1.165, 1.54) is 19.1 Å². The van der Waals surface area contributed by atoms with E-state index in [9.17, 15) is 9.59 Å². The minimum absolute atomic E-state index is 0.166. The predicted octanol–water partition coefficient (Wildman–Crippen LogP) is 4.97. The maximum atomic E-state index is 13.2. The first-order chi connectivity index (χ1) is 17.1. The highest BCUT2D eigenvalue weighted by atomic mass is 16.6. The quantitative estimate of drug-likeness (QED) is 0.362. The van der Waals surface area contributed by atoms with Gasteiger partial charge in [0.1, 0.15) is 11.2 Å². The second-order valence-corrected chi connectivity index (χ2v) is 9.00. The van der Waals surface area contributed by atoms with E-state index in [2.05, 4.69) is 15.1 Å². The molecule has 0 saturated carbocycles. The molecule has 0 N–H and O–H groups in total. The molecule has 0 aliphatic carbocycles. The molecule has 1 amide bonds. The average molecular weight is 490 g/mol. The van der Waals surface area contributed by atoms with Crippen LogP contribution in [-0.2, 0) is 9.47 Å². The summed E-state index contributed by atoms with van der Waals surface area (Å²) in [6, 6.07) is 12.7. The van der Waals surface area contributed by atoms with Gasteiger partial charge in [0, 0.05) is 18.0 Å². The highest BCUT2D eigenvalue weighted by molar-refractivity contribution is 5.95. The number of aromatic nitrogens is 4. The van der Waals surface area contributed by atoms with Gasteiger partial charge in [-0.1, -0.05) is 18.2 Å². The number of rotatable bonds is 5. The average Bonchev–Trinajstić information content (AvgIpc) is 3.26. The molecule has 0 aliphatic rings. The van der Waals surface area contributed by atoms with Crippen LogP contribution in [0.2, 0.25) is 0 Å². The molecule has 0 bridgehead atoms. The molecule has 36 heavy (non-hydrogen) atoms. The first-order valence-corrected chi connectivity index (χ1v) is 11.2. The maximum Gasteiger partial charge on any atom is 0.421 e. The lowest BCUT2D eigenvalue weighted by Gasteiger charge is -2.26. The van der Waals surface area contributed by atoms with Crippen molar-refractivity contribution in [3.63, 3.8) is 0 Å². The molecule has 0 fully saturated rings. The van der Waals surface area contributed by atoms with Crippen molar-refractivity contribution in [2.75, 3.05) is 19.1 Å². The van der Waals surface area contributed by atoms with Crippen molar-refractivity contribution < 1.29 is 23.8 Å². The van der Waals surface area contributed by atoms with Gasteiger partial charge in [0.05, 0.1) is 19.9 Å². The van der Waals surface area contributed by atoms with Gasteiger partial charge in [-0.15, -0.1) is 5.10 Å². The summed E-state index contributed by atoms with van der Waals surface area (Å²) in [6.45, 7) is 7.30. The topological polar surface area (TPSA) is 108 Å². The number of aryl methyl sites for hydroxylation is 1. The Hall–Kier alpha value is -4.47. The molecular weight excluding hydrogens is 462 g/mol. The molecule has 0 unspecified atom stereocenters. The van der Waals surface area contributed by atoms with Gasteiger partial charge >= 0.3 is 12.1 Å². The van der Waals surface area contributed by atoms with Crippen molar-refractivity contribution in [1.82, 2.24) is 19.6 Å². The number of para-hydroxylation sites is 1. The molecule has 0 radical (unpaired) electrons. The number of pyridine rings is 2. The largest absolute Gasteiger partial charge is 0.480 e. The maximum absolute atomic E-state index is 13.2. The fraction of sp³-hybridized carbons (Fsp3) is 0.269. The summed E-state index contributed by atoms with van der Waals surface area (Å²) in [5.41, 5.74) is 2.86. The van der Waals surface area contributed by atoms with Gasteiger partial charge in [-0.2, -0.15) is 4.98 Å². The standard InChI is InChI=1S/C26H27N5O5/c1-16-9-7-8-10-20(16)31(25(33)36-26(2,3)4)24-28-21-14-17(11-12-30(21)29-24)18-13-19(23(32)35-6)22(34-5)27-15-18/h7-15H,1-6H3. The van der Waals surface area contributed by atoms with Crippen LogP contribution >= 0.6 is 0 Å². The summed E-state index contributed by atoms with van der Waals surface area (Å²) < 4.78 is 17.2. The van der Waals surface area contributed by atoms with Crippen molar-refractivity contribution in [1.29, 1.82) is 0 Å². The third-order valence-electron chi connectivity index (χ3n) is 5.24. The van der Waals surface area contributed by atoms with Gasteiger partial charge in [0.25, 0.3) is 5.95 Å². The van der Waals surface area contributed by atoms with Crippen LogP contribution in [0.25, 0.3) is 16.8 Å². The normalized spacial score (nSPS) is 11.3. The number of anilines is 2. The molecule has 4 rings (SSSR count). The Bertz CT molecular complexity index is 1440. The van der Waals surface area contributed by atoms with Crippen LogP contribution in [0.3, 0.4) is 0 Å². The number of hydrogen-bond donors (Lipinski definition) is 0. The van der Waals surface area contributed by atoms with Crippen molar-refractivity contribution in [2.45, 2.75) is 33.3 Å². The number of hydrogen-bond acceptors (Lipinski definition) is 8. The number of methoxy groups -OCH3 is 2. The summed E-state index contributed by atoms with van der Waals surface area (Å²) in [5, 5.41) is 4.52. The van der Waals surface area contributed by atoms with Crippen LogP contribution < -0.4 is 9.64 Å². The van der Waals surface area contributed by atoms with E-state index in [1.807, 2.05) is 37.3 Å². The molecule has 3 aromatic heterocycles. The van der Waals surface area contributed by atoms with E-state index in [0.29, 0.717) is 16.9 Å². The molecule has 0 aliphatic heterocycles. The molecule has 0 spiro atoms. The Morgan fingerprint density at radius 1 is 1.03 bits per heavy atom. The van der Waals surface area contributed by atoms with Gasteiger partial charge in [-0.25, -0.2) is 24.0 Å². The molecule has 0 saturated heterocycles. The highest BCUT2D eigenvalue weighted by Crippen LogP contribution is 2.30. The minimum atomic E-state index is -0.705. The first kappa shape index (κ1) is 24.6. The summed E-state index contributed by atoms with van der Waals surface area (Å²) in [7, 11) is 2.73. The third kappa shape index (κ3) is 4.97. The third-order valence-corrected chi connectivity index (χ3v) is 5.24. The van der Waals surface area contributed by atoms with Crippen LogP contribution in [0, 0.1) is 6.92 Å². The zero-order valence-electron chi connectivity index (χ0n) is 21.0. The van der Waals surface area contributed by atoms with Crippen molar-refractivity contribution in [3.8, 4) is 17.0 Å². The first-order valence-electron chi connectivity index (χ1n) is 11.2. The van der Waals surface area contributed by atoms with E-state index in [-0.39, 0.29) is 17.4 Å². The van der Waals surface area contributed by atoms with Crippen LogP contribution in [0.15, 0.2) is 54.9 Å². The van der Waals surface area contributed by atoms with Crippen LogP contribution in [-0.4, -0.2) is 51.5 Å². The second kappa shape index (κ2) is 9.65. The fourth-order valence-electron chi connectivity index (χ4n) is 3.58. The monoisotopic (exact) mass is 489 g/mol. The molecule has 10 heteroatoms. The molecule has 10 nitrogen and oxygen atoms in total. The molecule has 186 valence electrons. The van der Waals surface area contributed by atoms with Gasteiger partial charge < -0.3 is 14.2 Å². The number of carbonyl (C=O) groups excluding carboxylic acids is 2. The van der Waals surface area contributed by atoms with Gasteiger partial charge in [-0.05, 0) is 63.1 Å². The Labute approximate surface area is 208 Å². The summed E-state index contributed by atoms with van der Waals surface area (Å²) in [5.74, 6) is -0.222. The smallest absolute Gasteiger partial charge is 0.421 e. The lowest BCUT2D eigenvalue weighted by atomic mass is 10.1. The number of ether oxygens (including phenoxy) is 3. The molecule has 1 aromatic carbocycles. The zero-order chi connectivity index (χ0) is 26.0. The Kier molecular flexibility index (Phi) is 6.61. The number of carbonyl (C=O) groups is 2. The summed E-state index contributed by atoms with van der Waals surface area (Å²) in [6.07, 6.45) is 2.72. The van der Waals surface area contributed by atoms with Crippen LogP contribution in [0.5, 0.6) is 5.88 Å². The molecule has 4 aromatic rings. The van der Waals surface area contributed by atoms with Crippen molar-refractivity contribution in [2.24, 2.45) is 0 Å². The highest BCUT2D eigenvalue weighted by Gasteiger charge is 2.29. The summed E-state index contributed by atoms with van der Waals surface area (Å²) >= 11 is 0. The van der Waals surface area contributed by atoms with E-state index in [1.54, 1.807) is 49.8 Å². The number of amides is 1. The minimum Gasteiger partial charge on any atom is -0.480 e. The van der Waals surface area contributed by atoms with E-state index in [0.717, 1.165) is 11.1 Å². The molecular formula is C26H27N5O5. The molecule has 3 heterocycles. The van der Waals surface area contributed by atoms with Crippen molar-refractivity contribution in [3.05, 3.63) is 66.0 Å². The predicted molar refractivity (Wildman–Crippen MR) is 134 cm³/mol. The number of fused-ring (bicyclic) bond motifs is 1. The number of nitrogens with zero attached hydrogens (tertiary/aromatic N) is 5. The summed E-state index contributed by atoms with van der Waals surface area (Å²) in [4.78, 5) is 35.6. The van der Waals surface area contributed by atoms with Crippen molar-refractivity contribution >= 4 is 29.3 Å². The van der Waals surface area contributed by atoms with Gasteiger partial charge in [-0.3, -0.25) is 0 Å². The van der Waals surface area contributed by atoms with E-state index >= 15 is 0 Å². The molecule has 0 atom stereocenters. The number of benzene rings is 1.